The SMILES string of the molecule is C1=C(c2ccccc2)OC1. The Morgan fingerprint density at radius 3 is 2.30 bits per heavy atom. The van der Waals surface area contributed by atoms with E-state index in [0.29, 0.717) is 0 Å². The van der Waals surface area contributed by atoms with Crippen LogP contribution in [0.15, 0.2) is 36.4 Å². The van der Waals surface area contributed by atoms with Crippen LogP contribution < -0.4 is 0 Å². The van der Waals surface area contributed by atoms with Gasteiger partial charge in [-0.3, -0.25) is 0 Å². The molecular formula is C9H8O. The molecule has 0 spiro atoms. The fourth-order valence-corrected chi connectivity index (χ4v) is 0.970. The van der Waals surface area contributed by atoms with Crippen LogP contribution in [0.1, 0.15) is 5.56 Å². The molecule has 0 saturated carbocycles. The highest BCUT2D eigenvalue weighted by molar-refractivity contribution is 5.62. The molecule has 0 atom stereocenters. The molecule has 0 aliphatic carbocycles. The Bertz CT molecular complexity index is 249. The van der Waals surface area contributed by atoms with E-state index < -0.39 is 0 Å². The van der Waals surface area contributed by atoms with Crippen molar-refractivity contribution in [2.75, 3.05) is 6.61 Å². The van der Waals surface area contributed by atoms with Gasteiger partial charge in [-0.05, 0) is 6.08 Å². The first kappa shape index (κ1) is 5.54. The topological polar surface area (TPSA) is 9.23 Å². The van der Waals surface area contributed by atoms with Crippen molar-refractivity contribution in [3.05, 3.63) is 42.0 Å². The van der Waals surface area contributed by atoms with Crippen molar-refractivity contribution in [3.63, 3.8) is 0 Å². The number of hydrogen-bond donors (Lipinski definition) is 0. The third-order valence-corrected chi connectivity index (χ3v) is 1.57. The van der Waals surface area contributed by atoms with E-state index in [1.807, 2.05) is 30.3 Å². The third kappa shape index (κ3) is 0.798. The van der Waals surface area contributed by atoms with E-state index in [1.54, 1.807) is 0 Å². The van der Waals surface area contributed by atoms with Crippen LogP contribution in [0.4, 0.5) is 0 Å². The minimum atomic E-state index is 0.768. The van der Waals surface area contributed by atoms with Crippen LogP contribution in [0, 0.1) is 0 Å². The maximum atomic E-state index is 5.18. The van der Waals surface area contributed by atoms with Crippen molar-refractivity contribution in [3.8, 4) is 0 Å². The van der Waals surface area contributed by atoms with Crippen LogP contribution in [0.3, 0.4) is 0 Å². The lowest BCUT2D eigenvalue weighted by Gasteiger charge is -2.16. The van der Waals surface area contributed by atoms with Crippen molar-refractivity contribution in [2.24, 2.45) is 0 Å². The van der Waals surface area contributed by atoms with Gasteiger partial charge in [0.1, 0.15) is 12.4 Å². The van der Waals surface area contributed by atoms with E-state index in [0.717, 1.165) is 12.4 Å². The Morgan fingerprint density at radius 1 is 1.10 bits per heavy atom. The van der Waals surface area contributed by atoms with Crippen molar-refractivity contribution >= 4 is 5.76 Å². The molecule has 50 valence electrons. The van der Waals surface area contributed by atoms with Gasteiger partial charge < -0.3 is 4.74 Å². The molecule has 1 heteroatoms. The second-order valence-electron chi connectivity index (χ2n) is 2.25. The van der Waals surface area contributed by atoms with Gasteiger partial charge >= 0.3 is 0 Å². The van der Waals surface area contributed by atoms with Crippen molar-refractivity contribution in [1.82, 2.24) is 0 Å². The smallest absolute Gasteiger partial charge is 0.126 e. The minimum absolute atomic E-state index is 0.768. The molecule has 0 aromatic heterocycles. The van der Waals surface area contributed by atoms with Crippen LogP contribution in [0.5, 0.6) is 0 Å². The highest BCUT2D eigenvalue weighted by Gasteiger charge is 2.07. The Hall–Kier alpha value is -1.24. The Kier molecular flexibility index (Phi) is 1.21. The number of ether oxygens (including phenoxy) is 1. The maximum Gasteiger partial charge on any atom is 0.126 e. The lowest BCUT2D eigenvalue weighted by molar-refractivity contribution is 0.277. The first-order chi connectivity index (χ1) is 4.97. The average molecular weight is 132 g/mol. The molecule has 10 heavy (non-hydrogen) atoms. The molecule has 0 amide bonds. The van der Waals surface area contributed by atoms with Crippen LogP contribution >= 0.6 is 0 Å². The largest absolute Gasteiger partial charge is 0.489 e. The third-order valence-electron chi connectivity index (χ3n) is 1.57. The normalized spacial score (nSPS) is 15.0. The fraction of sp³-hybridized carbons (Fsp3) is 0.111. The van der Waals surface area contributed by atoms with Crippen LogP contribution in [0.2, 0.25) is 0 Å². The van der Waals surface area contributed by atoms with Crippen LogP contribution in [0.25, 0.3) is 5.76 Å². The standard InChI is InChI=1S/C9H8O/c1-2-4-8(5-3-1)9-6-7-10-9/h1-6H,7H2. The van der Waals surface area contributed by atoms with Gasteiger partial charge in [-0.1, -0.05) is 30.3 Å². The zero-order chi connectivity index (χ0) is 6.81. The molecule has 1 aromatic rings. The Morgan fingerprint density at radius 2 is 1.80 bits per heavy atom. The van der Waals surface area contributed by atoms with Crippen molar-refractivity contribution in [2.45, 2.75) is 0 Å². The van der Waals surface area contributed by atoms with Gasteiger partial charge in [0.25, 0.3) is 0 Å². The molecule has 1 aliphatic heterocycles. The van der Waals surface area contributed by atoms with Gasteiger partial charge in [-0.2, -0.15) is 0 Å². The lowest BCUT2D eigenvalue weighted by atomic mass is 10.1. The van der Waals surface area contributed by atoms with Gasteiger partial charge in [-0.25, -0.2) is 0 Å². The first-order valence-corrected chi connectivity index (χ1v) is 3.35. The Labute approximate surface area is 59.9 Å². The average Bonchev–Trinajstić information content (AvgIpc) is 1.86. The molecule has 0 N–H and O–H groups in total. The van der Waals surface area contributed by atoms with E-state index in [2.05, 4.69) is 6.08 Å². The zero-order valence-electron chi connectivity index (χ0n) is 5.58. The molecule has 1 nitrogen and oxygen atoms in total. The van der Waals surface area contributed by atoms with Gasteiger partial charge in [0.2, 0.25) is 0 Å². The lowest BCUT2D eigenvalue weighted by Crippen LogP contribution is -2.02. The Balaban J connectivity index is 2.34. The summed E-state index contributed by atoms with van der Waals surface area (Å²) >= 11 is 0. The van der Waals surface area contributed by atoms with Gasteiger partial charge in [0.05, 0.1) is 0 Å². The van der Waals surface area contributed by atoms with Gasteiger partial charge in [0, 0.05) is 5.56 Å². The summed E-state index contributed by atoms with van der Waals surface area (Å²) in [6.07, 6.45) is 2.08. The zero-order valence-corrected chi connectivity index (χ0v) is 5.58. The van der Waals surface area contributed by atoms with E-state index in [4.69, 9.17) is 4.74 Å². The highest BCUT2D eigenvalue weighted by atomic mass is 16.5. The number of rotatable bonds is 1. The molecule has 0 fully saturated rings. The fourth-order valence-electron chi connectivity index (χ4n) is 0.970. The van der Waals surface area contributed by atoms with E-state index >= 15 is 0 Å². The maximum absolute atomic E-state index is 5.18. The monoisotopic (exact) mass is 132 g/mol. The van der Waals surface area contributed by atoms with Crippen LogP contribution in [-0.4, -0.2) is 6.61 Å². The molecule has 1 aliphatic rings. The van der Waals surface area contributed by atoms with Crippen molar-refractivity contribution in [1.29, 1.82) is 0 Å². The summed E-state index contributed by atoms with van der Waals surface area (Å²) < 4.78 is 5.18. The van der Waals surface area contributed by atoms with E-state index in [1.165, 1.54) is 5.56 Å². The second kappa shape index (κ2) is 2.18. The second-order valence-corrected chi connectivity index (χ2v) is 2.25. The summed E-state index contributed by atoms with van der Waals surface area (Å²) in [4.78, 5) is 0. The molecule has 1 heterocycles. The first-order valence-electron chi connectivity index (χ1n) is 3.35. The predicted octanol–water partition coefficient (Wildman–Crippen LogP) is 2.06. The molecule has 0 bridgehead atoms. The van der Waals surface area contributed by atoms with E-state index in [9.17, 15) is 0 Å². The summed E-state index contributed by atoms with van der Waals surface area (Å²) in [5, 5.41) is 0. The van der Waals surface area contributed by atoms with E-state index in [-0.39, 0.29) is 0 Å². The van der Waals surface area contributed by atoms with Gasteiger partial charge in [-0.15, -0.1) is 0 Å². The molecular weight excluding hydrogens is 124 g/mol. The summed E-state index contributed by atoms with van der Waals surface area (Å²) in [6.45, 7) is 0.768. The quantitative estimate of drug-likeness (QED) is 0.568. The molecule has 1 aromatic carbocycles. The molecule has 0 unspecified atom stereocenters. The molecule has 2 rings (SSSR count). The summed E-state index contributed by atoms with van der Waals surface area (Å²) in [6, 6.07) is 10.1. The van der Waals surface area contributed by atoms with Gasteiger partial charge in [0.15, 0.2) is 0 Å². The van der Waals surface area contributed by atoms with Crippen molar-refractivity contribution < 1.29 is 4.74 Å². The molecule has 0 saturated heterocycles. The van der Waals surface area contributed by atoms with Crippen LogP contribution in [-0.2, 0) is 4.74 Å². The number of hydrogen-bond acceptors (Lipinski definition) is 1. The summed E-state index contributed by atoms with van der Waals surface area (Å²) in [7, 11) is 0. The molecule has 0 radical (unpaired) electrons. The minimum Gasteiger partial charge on any atom is -0.489 e. The predicted molar refractivity (Wildman–Crippen MR) is 40.4 cm³/mol. The highest BCUT2D eigenvalue weighted by Crippen LogP contribution is 2.20. The number of benzene rings is 1. The summed E-state index contributed by atoms with van der Waals surface area (Å²) in [5.74, 6) is 1.01. The summed E-state index contributed by atoms with van der Waals surface area (Å²) in [5.41, 5.74) is 1.17.